The predicted octanol–water partition coefficient (Wildman–Crippen LogP) is 0.754. The Kier molecular flexibility index (Phi) is 1.77. The second kappa shape index (κ2) is 2.38. The molecule has 2 heteroatoms. The van der Waals surface area contributed by atoms with E-state index in [1.54, 1.807) is 0 Å². The summed E-state index contributed by atoms with van der Waals surface area (Å²) in [6, 6.07) is 0. The lowest BCUT2D eigenvalue weighted by molar-refractivity contribution is 0.664. The number of thiocarbonyl (C=S) groups is 1. The third kappa shape index (κ3) is 1.53. The minimum absolute atomic E-state index is 0.971. The molecule has 0 saturated carbocycles. The topological polar surface area (TPSA) is 14.1 Å². The number of hydrogen-bond donors (Lipinski definition) is 0. The van der Waals surface area contributed by atoms with E-state index in [-0.39, 0.29) is 0 Å². The molecule has 1 aliphatic heterocycles. The maximum absolute atomic E-state index is 4.95. The van der Waals surface area contributed by atoms with Gasteiger partial charge in [-0.2, -0.15) is 0 Å². The first kappa shape index (κ1) is 5.19. The average molecular weight is 114 g/mol. The van der Waals surface area contributed by atoms with Crippen LogP contribution < -0.4 is 5.32 Å². The first-order valence-corrected chi connectivity index (χ1v) is 2.95. The van der Waals surface area contributed by atoms with E-state index in [2.05, 4.69) is 5.32 Å². The quantitative estimate of drug-likeness (QED) is 0.424. The summed E-state index contributed by atoms with van der Waals surface area (Å²) >= 11 is 4.95. The Morgan fingerprint density at radius 1 is 1.29 bits per heavy atom. The Bertz CT molecular complexity index is 72.1. The molecule has 0 spiro atoms. The van der Waals surface area contributed by atoms with E-state index in [0.29, 0.717) is 0 Å². The summed E-state index contributed by atoms with van der Waals surface area (Å²) in [4.78, 5) is 1.20. The van der Waals surface area contributed by atoms with Crippen LogP contribution in [-0.2, 0) is 0 Å². The fraction of sp³-hybridized carbons (Fsp3) is 0.800. The van der Waals surface area contributed by atoms with Gasteiger partial charge in [0.25, 0.3) is 0 Å². The molecule has 39 valence electrons. The van der Waals surface area contributed by atoms with E-state index in [1.807, 2.05) is 0 Å². The Morgan fingerprint density at radius 3 is 2.14 bits per heavy atom. The summed E-state index contributed by atoms with van der Waals surface area (Å²) in [5.41, 5.74) is 0. The Balaban J connectivity index is 2.25. The van der Waals surface area contributed by atoms with E-state index in [9.17, 15) is 0 Å². The number of nitrogens with zero attached hydrogens (tertiary/aromatic N) is 1. The molecule has 1 heterocycles. The molecule has 0 N–H and O–H groups in total. The van der Waals surface area contributed by atoms with Crippen molar-refractivity contribution in [2.24, 2.45) is 0 Å². The van der Waals surface area contributed by atoms with Gasteiger partial charge in [0.1, 0.15) is 0 Å². The smallest absolute Gasteiger partial charge is 0.0179 e. The molecule has 0 atom stereocenters. The normalized spacial score (nSPS) is 22.6. The molecule has 0 aliphatic carbocycles. The first-order chi connectivity index (χ1) is 3.39. The highest BCUT2D eigenvalue weighted by Crippen LogP contribution is 1.97. The van der Waals surface area contributed by atoms with Gasteiger partial charge < -0.3 is 0 Å². The van der Waals surface area contributed by atoms with Crippen LogP contribution in [0.25, 0.3) is 0 Å². The highest BCUT2D eigenvalue weighted by Gasteiger charge is 2.02. The van der Waals surface area contributed by atoms with Gasteiger partial charge in [-0.1, -0.05) is 12.2 Å². The first-order valence-electron chi connectivity index (χ1n) is 2.54. The largest absolute Gasteiger partial charge is 0.241 e. The van der Waals surface area contributed by atoms with Gasteiger partial charge in [0.15, 0.2) is 0 Å². The SMILES string of the molecule is S=C1CC[N]CC1. The summed E-state index contributed by atoms with van der Waals surface area (Å²) in [7, 11) is 0. The van der Waals surface area contributed by atoms with Crippen LogP contribution in [0.3, 0.4) is 0 Å². The fourth-order valence-electron chi connectivity index (χ4n) is 0.644. The van der Waals surface area contributed by atoms with Gasteiger partial charge in [-0.15, -0.1) is 0 Å². The van der Waals surface area contributed by atoms with Crippen LogP contribution in [0.15, 0.2) is 0 Å². The van der Waals surface area contributed by atoms with Gasteiger partial charge in [-0.25, -0.2) is 5.32 Å². The predicted molar refractivity (Wildman–Crippen MR) is 33.7 cm³/mol. The minimum Gasteiger partial charge on any atom is -0.241 e. The summed E-state index contributed by atoms with van der Waals surface area (Å²) in [6.07, 6.45) is 2.10. The van der Waals surface area contributed by atoms with E-state index in [1.165, 1.54) is 4.86 Å². The van der Waals surface area contributed by atoms with Crippen LogP contribution >= 0.6 is 12.2 Å². The van der Waals surface area contributed by atoms with Gasteiger partial charge in [0.05, 0.1) is 0 Å². The van der Waals surface area contributed by atoms with Gasteiger partial charge in [-0.05, 0) is 17.7 Å². The molecule has 1 rings (SSSR count). The van der Waals surface area contributed by atoms with E-state index >= 15 is 0 Å². The average Bonchev–Trinajstić information content (AvgIpc) is 1.69. The third-order valence-electron chi connectivity index (χ3n) is 1.10. The second-order valence-electron chi connectivity index (χ2n) is 1.71. The number of piperidine rings is 1. The van der Waals surface area contributed by atoms with E-state index in [0.717, 1.165) is 25.9 Å². The molecule has 0 aromatic rings. The third-order valence-corrected chi connectivity index (χ3v) is 1.51. The van der Waals surface area contributed by atoms with Crippen molar-refractivity contribution in [3.8, 4) is 0 Å². The molecule has 0 aromatic heterocycles. The van der Waals surface area contributed by atoms with Crippen molar-refractivity contribution < 1.29 is 0 Å². The molecule has 0 unspecified atom stereocenters. The van der Waals surface area contributed by atoms with Crippen molar-refractivity contribution in [2.45, 2.75) is 12.8 Å². The van der Waals surface area contributed by atoms with Crippen molar-refractivity contribution in [2.75, 3.05) is 13.1 Å². The van der Waals surface area contributed by atoms with Crippen LogP contribution in [0.4, 0.5) is 0 Å². The van der Waals surface area contributed by atoms with Crippen molar-refractivity contribution in [1.29, 1.82) is 0 Å². The fourth-order valence-corrected chi connectivity index (χ4v) is 0.827. The maximum Gasteiger partial charge on any atom is 0.0179 e. The molecule has 1 radical (unpaired) electrons. The molecule has 1 fully saturated rings. The van der Waals surface area contributed by atoms with Crippen LogP contribution in [0.2, 0.25) is 0 Å². The van der Waals surface area contributed by atoms with E-state index < -0.39 is 0 Å². The monoisotopic (exact) mass is 114 g/mol. The van der Waals surface area contributed by atoms with Crippen LogP contribution in [-0.4, -0.2) is 18.0 Å². The summed E-state index contributed by atoms with van der Waals surface area (Å²) < 4.78 is 0. The van der Waals surface area contributed by atoms with Gasteiger partial charge in [0, 0.05) is 13.1 Å². The maximum atomic E-state index is 4.95. The van der Waals surface area contributed by atoms with Gasteiger partial charge in [-0.3, -0.25) is 0 Å². The highest BCUT2D eigenvalue weighted by molar-refractivity contribution is 7.80. The van der Waals surface area contributed by atoms with Crippen LogP contribution in [0, 0.1) is 0 Å². The zero-order valence-corrected chi connectivity index (χ0v) is 5.00. The lowest BCUT2D eigenvalue weighted by Crippen LogP contribution is -2.20. The summed E-state index contributed by atoms with van der Waals surface area (Å²) in [5.74, 6) is 0. The molecular weight excluding hydrogens is 106 g/mol. The van der Waals surface area contributed by atoms with Crippen LogP contribution in [0.5, 0.6) is 0 Å². The Morgan fingerprint density at radius 2 is 1.86 bits per heavy atom. The molecule has 1 nitrogen and oxygen atoms in total. The second-order valence-corrected chi connectivity index (χ2v) is 2.29. The number of rotatable bonds is 0. The standard InChI is InChI=1S/C5H8NS/c7-5-1-3-6-4-2-5/h1-4H2. The van der Waals surface area contributed by atoms with E-state index in [4.69, 9.17) is 12.2 Å². The van der Waals surface area contributed by atoms with Crippen molar-refractivity contribution in [3.05, 3.63) is 0 Å². The zero-order valence-electron chi connectivity index (χ0n) is 4.18. The molecular formula is C5H8NS. The Labute approximate surface area is 49.1 Å². The lowest BCUT2D eigenvalue weighted by Gasteiger charge is -2.08. The highest BCUT2D eigenvalue weighted by atomic mass is 32.1. The van der Waals surface area contributed by atoms with Crippen molar-refractivity contribution in [1.82, 2.24) is 5.32 Å². The molecule has 1 aliphatic rings. The lowest BCUT2D eigenvalue weighted by atomic mass is 10.2. The number of hydrogen-bond acceptors (Lipinski definition) is 1. The van der Waals surface area contributed by atoms with Crippen LogP contribution in [0.1, 0.15) is 12.8 Å². The van der Waals surface area contributed by atoms with Crippen molar-refractivity contribution >= 4 is 17.1 Å². The molecule has 0 bridgehead atoms. The molecule has 0 amide bonds. The zero-order chi connectivity index (χ0) is 5.11. The molecule has 0 aromatic carbocycles. The Hall–Kier alpha value is 0.0500. The molecule has 1 saturated heterocycles. The minimum atomic E-state index is 0.971. The summed E-state index contributed by atoms with van der Waals surface area (Å²) in [6.45, 7) is 1.94. The summed E-state index contributed by atoms with van der Waals surface area (Å²) in [5, 5.41) is 4.14. The van der Waals surface area contributed by atoms with Gasteiger partial charge in [0.2, 0.25) is 0 Å². The van der Waals surface area contributed by atoms with Crippen molar-refractivity contribution in [3.63, 3.8) is 0 Å². The van der Waals surface area contributed by atoms with Gasteiger partial charge >= 0.3 is 0 Å². The molecule has 7 heavy (non-hydrogen) atoms.